The number of ether oxygens (including phenoxy) is 1. The van der Waals surface area contributed by atoms with Crippen molar-refractivity contribution in [1.82, 2.24) is 16.3 Å². The summed E-state index contributed by atoms with van der Waals surface area (Å²) in [6.45, 7) is 0. The molecule has 1 aliphatic heterocycles. The number of methoxy groups -OCH3 is 1. The monoisotopic (exact) mass is 332 g/mol. The fourth-order valence-corrected chi connectivity index (χ4v) is 2.46. The average molecular weight is 333 g/mol. The Balaban J connectivity index is 2.11. The molecular formula is C16H14ClFN4O. The van der Waals surface area contributed by atoms with Crippen LogP contribution in [0, 0.1) is 5.82 Å². The Hall–Kier alpha value is -2.73. The van der Waals surface area contributed by atoms with Crippen molar-refractivity contribution in [3.63, 3.8) is 0 Å². The van der Waals surface area contributed by atoms with Crippen LogP contribution in [0.5, 0.6) is 5.75 Å². The molecule has 0 unspecified atom stereocenters. The van der Waals surface area contributed by atoms with Gasteiger partial charge >= 0.3 is 0 Å². The Labute approximate surface area is 137 Å². The summed E-state index contributed by atoms with van der Waals surface area (Å²) < 4.78 is 20.3. The molecule has 0 saturated carbocycles. The van der Waals surface area contributed by atoms with Gasteiger partial charge in [0.05, 0.1) is 12.7 Å². The quantitative estimate of drug-likeness (QED) is 0.808. The van der Waals surface area contributed by atoms with Gasteiger partial charge in [0.2, 0.25) is 0 Å². The van der Waals surface area contributed by atoms with Gasteiger partial charge in [-0.3, -0.25) is 16.3 Å². The normalized spacial score (nSPS) is 14.8. The standard InChI is InChI=1S/C16H14ClFN4O/c1-23-13-6-5-11(8-14-21-19-9-20-22-14)16(18)15(13)10-3-2-4-12(17)7-10/h2-9,21-22H,1H3,(H,19,20). The van der Waals surface area contributed by atoms with Crippen molar-refractivity contribution in [2.45, 2.75) is 0 Å². The van der Waals surface area contributed by atoms with Crippen LogP contribution in [-0.4, -0.2) is 13.4 Å². The molecule has 0 aliphatic carbocycles. The number of rotatable bonds is 3. The lowest BCUT2D eigenvalue weighted by molar-refractivity contribution is 0.413. The molecule has 7 heteroatoms. The number of nitrogens with one attached hydrogen (secondary N) is 3. The molecule has 0 bridgehead atoms. The van der Waals surface area contributed by atoms with Gasteiger partial charge in [-0.2, -0.15) is 5.10 Å². The molecule has 0 amide bonds. The van der Waals surface area contributed by atoms with E-state index in [1.54, 1.807) is 42.5 Å². The van der Waals surface area contributed by atoms with Crippen LogP contribution in [0.4, 0.5) is 4.39 Å². The molecule has 1 heterocycles. The van der Waals surface area contributed by atoms with Crippen LogP contribution < -0.4 is 21.0 Å². The highest BCUT2D eigenvalue weighted by molar-refractivity contribution is 6.30. The van der Waals surface area contributed by atoms with Crippen LogP contribution in [0.25, 0.3) is 17.2 Å². The van der Waals surface area contributed by atoms with Crippen molar-refractivity contribution < 1.29 is 9.13 Å². The van der Waals surface area contributed by atoms with Crippen molar-refractivity contribution in [1.29, 1.82) is 0 Å². The average Bonchev–Trinajstić information content (AvgIpc) is 2.57. The second-order valence-electron chi connectivity index (χ2n) is 4.75. The van der Waals surface area contributed by atoms with Gasteiger partial charge in [-0.1, -0.05) is 23.7 Å². The van der Waals surface area contributed by atoms with Gasteiger partial charge in [0.15, 0.2) is 0 Å². The highest BCUT2D eigenvalue weighted by Crippen LogP contribution is 2.35. The van der Waals surface area contributed by atoms with E-state index in [-0.39, 0.29) is 0 Å². The van der Waals surface area contributed by atoms with Gasteiger partial charge in [-0.05, 0) is 35.9 Å². The van der Waals surface area contributed by atoms with Crippen LogP contribution in [0.2, 0.25) is 5.02 Å². The third-order valence-corrected chi connectivity index (χ3v) is 3.52. The number of hydrazine groups is 1. The van der Waals surface area contributed by atoms with Crippen LogP contribution in [0.15, 0.2) is 47.3 Å². The highest BCUT2D eigenvalue weighted by atomic mass is 35.5. The van der Waals surface area contributed by atoms with E-state index in [2.05, 4.69) is 21.4 Å². The molecule has 0 spiro atoms. The molecule has 0 aromatic heterocycles. The largest absolute Gasteiger partial charge is 0.496 e. The maximum Gasteiger partial charge on any atom is 0.142 e. The first-order valence-electron chi connectivity index (χ1n) is 6.82. The minimum absolute atomic E-state index is 0.358. The first-order valence-corrected chi connectivity index (χ1v) is 7.20. The summed E-state index contributed by atoms with van der Waals surface area (Å²) in [6.07, 6.45) is 3.05. The number of nitrogens with zero attached hydrogens (tertiary/aromatic N) is 1. The zero-order chi connectivity index (χ0) is 16.2. The predicted octanol–water partition coefficient (Wildman–Crippen LogP) is 3.09. The first kappa shape index (κ1) is 15.2. The lowest BCUT2D eigenvalue weighted by atomic mass is 10.0. The van der Waals surface area contributed by atoms with E-state index in [0.717, 1.165) is 0 Å². The summed E-state index contributed by atoms with van der Waals surface area (Å²) in [6, 6.07) is 10.3. The lowest BCUT2D eigenvalue weighted by Crippen LogP contribution is -2.39. The highest BCUT2D eigenvalue weighted by Gasteiger charge is 2.16. The first-order chi connectivity index (χ1) is 11.2. The molecule has 2 aromatic carbocycles. The van der Waals surface area contributed by atoms with Crippen molar-refractivity contribution in [2.75, 3.05) is 7.11 Å². The minimum Gasteiger partial charge on any atom is -0.496 e. The zero-order valence-corrected chi connectivity index (χ0v) is 13.0. The summed E-state index contributed by atoms with van der Waals surface area (Å²) in [5.41, 5.74) is 9.65. The fraction of sp³-hybridized carbons (Fsp3) is 0.0625. The summed E-state index contributed by atoms with van der Waals surface area (Å²) in [5, 5.41) is 4.36. The van der Waals surface area contributed by atoms with E-state index in [1.807, 2.05) is 0 Å². The Bertz CT molecular complexity index is 792. The Morgan fingerprint density at radius 2 is 2.13 bits per heavy atom. The van der Waals surface area contributed by atoms with Gasteiger partial charge in [-0.15, -0.1) is 0 Å². The van der Waals surface area contributed by atoms with Gasteiger partial charge in [0.1, 0.15) is 23.7 Å². The molecule has 23 heavy (non-hydrogen) atoms. The fourth-order valence-electron chi connectivity index (χ4n) is 2.26. The third kappa shape index (κ3) is 3.22. The third-order valence-electron chi connectivity index (χ3n) is 3.29. The summed E-state index contributed by atoms with van der Waals surface area (Å²) in [4.78, 5) is 0. The maximum absolute atomic E-state index is 15.0. The Kier molecular flexibility index (Phi) is 4.34. The van der Waals surface area contributed by atoms with Gasteiger partial charge < -0.3 is 4.74 Å². The summed E-state index contributed by atoms with van der Waals surface area (Å²) >= 11 is 6.02. The smallest absolute Gasteiger partial charge is 0.142 e. The number of benzene rings is 2. The molecule has 1 aliphatic rings. The van der Waals surface area contributed by atoms with E-state index in [4.69, 9.17) is 16.3 Å². The SMILES string of the molecule is COc1ccc(C=C2NN=CNN2)c(F)c1-c1cccc(Cl)c1. The number of hydrogen-bond donors (Lipinski definition) is 3. The van der Waals surface area contributed by atoms with Crippen molar-refractivity contribution in [2.24, 2.45) is 5.10 Å². The summed E-state index contributed by atoms with van der Waals surface area (Å²) in [7, 11) is 1.50. The second-order valence-corrected chi connectivity index (χ2v) is 5.19. The molecule has 5 nitrogen and oxygen atoms in total. The Morgan fingerprint density at radius 3 is 2.83 bits per heavy atom. The van der Waals surface area contributed by atoms with Gasteiger partial charge in [-0.25, -0.2) is 4.39 Å². The lowest BCUT2D eigenvalue weighted by Gasteiger charge is -2.16. The maximum atomic E-state index is 15.0. The van der Waals surface area contributed by atoms with E-state index < -0.39 is 5.82 Å². The second kappa shape index (κ2) is 6.58. The molecule has 0 radical (unpaired) electrons. The van der Waals surface area contributed by atoms with E-state index in [9.17, 15) is 0 Å². The minimum atomic E-state index is -0.405. The van der Waals surface area contributed by atoms with Crippen LogP contribution in [0.1, 0.15) is 5.56 Å². The van der Waals surface area contributed by atoms with E-state index in [1.165, 1.54) is 13.4 Å². The van der Waals surface area contributed by atoms with E-state index in [0.29, 0.717) is 33.3 Å². The molecule has 118 valence electrons. The van der Waals surface area contributed by atoms with Crippen molar-refractivity contribution >= 4 is 24.0 Å². The Morgan fingerprint density at radius 1 is 1.26 bits per heavy atom. The molecule has 3 N–H and O–H groups in total. The molecule has 3 rings (SSSR count). The van der Waals surface area contributed by atoms with Gasteiger partial charge in [0, 0.05) is 10.6 Å². The van der Waals surface area contributed by atoms with E-state index >= 15 is 4.39 Å². The molecule has 0 saturated heterocycles. The topological polar surface area (TPSA) is 57.7 Å². The number of halogens is 2. The van der Waals surface area contributed by atoms with Crippen molar-refractivity contribution in [3.8, 4) is 16.9 Å². The number of hydrazone groups is 1. The van der Waals surface area contributed by atoms with Gasteiger partial charge in [0.25, 0.3) is 0 Å². The predicted molar refractivity (Wildman–Crippen MR) is 89.3 cm³/mol. The molecule has 2 aromatic rings. The van der Waals surface area contributed by atoms with Crippen LogP contribution in [-0.2, 0) is 0 Å². The van der Waals surface area contributed by atoms with Crippen molar-refractivity contribution in [3.05, 3.63) is 58.6 Å². The molecule has 0 atom stereocenters. The number of hydrogen-bond acceptors (Lipinski definition) is 5. The molecular weight excluding hydrogens is 319 g/mol. The summed E-state index contributed by atoms with van der Waals surface area (Å²) in [5.74, 6) is 0.554. The molecule has 0 fully saturated rings. The zero-order valence-electron chi connectivity index (χ0n) is 12.2. The van der Waals surface area contributed by atoms with Crippen LogP contribution in [0.3, 0.4) is 0 Å². The van der Waals surface area contributed by atoms with Crippen LogP contribution >= 0.6 is 11.6 Å².